The van der Waals surface area contributed by atoms with Gasteiger partial charge >= 0.3 is 0 Å². The number of hydrogen-bond acceptors (Lipinski definition) is 2. The fourth-order valence-corrected chi connectivity index (χ4v) is 1.03. The summed E-state index contributed by atoms with van der Waals surface area (Å²) in [4.78, 5) is 3.99. The Labute approximate surface area is 72.2 Å². The topological polar surface area (TPSA) is 26.0 Å². The van der Waals surface area contributed by atoms with Crippen molar-refractivity contribution in [3.05, 3.63) is 30.3 Å². The molecule has 0 saturated carbocycles. The second-order valence-corrected chi connectivity index (χ2v) is 2.29. The van der Waals surface area contributed by atoms with Gasteiger partial charge in [-0.25, -0.2) is 0 Å². The molecule has 64 valence electrons. The minimum atomic E-state index is 0.861. The van der Waals surface area contributed by atoms with Crippen molar-refractivity contribution >= 4 is 11.0 Å². The first-order valence-electron chi connectivity index (χ1n) is 4.16. The highest BCUT2D eigenvalue weighted by Crippen LogP contribution is 2.16. The summed E-state index contributed by atoms with van der Waals surface area (Å²) in [5.74, 6) is 0. The fraction of sp³-hybridized carbons (Fsp3) is 0.300. The average molecular weight is 163 g/mol. The standard InChI is InChI=1S/C8H7NO.C2H6/c1-6-4-9-5-8-7(6)2-3-10-8;1-2/h2-5H,1H3;1-2H3. The van der Waals surface area contributed by atoms with Gasteiger partial charge in [0, 0.05) is 11.6 Å². The third-order valence-corrected chi connectivity index (χ3v) is 1.58. The first-order chi connectivity index (χ1) is 5.88. The average Bonchev–Trinajstić information content (AvgIpc) is 2.57. The molecule has 2 aromatic heterocycles. The second-order valence-electron chi connectivity index (χ2n) is 2.29. The molecule has 0 aromatic carbocycles. The summed E-state index contributed by atoms with van der Waals surface area (Å²) in [5, 5.41) is 1.15. The Kier molecular flexibility index (Phi) is 2.86. The van der Waals surface area contributed by atoms with E-state index in [1.807, 2.05) is 33.0 Å². The lowest BCUT2D eigenvalue weighted by Crippen LogP contribution is -1.74. The molecule has 0 unspecified atom stereocenters. The molecular formula is C10H13NO. The van der Waals surface area contributed by atoms with Gasteiger partial charge in [0.2, 0.25) is 0 Å². The maximum absolute atomic E-state index is 5.14. The van der Waals surface area contributed by atoms with Crippen LogP contribution in [0.3, 0.4) is 0 Å². The van der Waals surface area contributed by atoms with E-state index in [1.165, 1.54) is 0 Å². The molecule has 2 nitrogen and oxygen atoms in total. The predicted molar refractivity (Wildman–Crippen MR) is 50.1 cm³/mol. The van der Waals surface area contributed by atoms with Crippen molar-refractivity contribution < 1.29 is 4.42 Å². The summed E-state index contributed by atoms with van der Waals surface area (Å²) in [6.45, 7) is 6.02. The van der Waals surface area contributed by atoms with Crippen molar-refractivity contribution in [1.29, 1.82) is 0 Å². The number of aryl methyl sites for hydroxylation is 1. The van der Waals surface area contributed by atoms with Crippen LogP contribution in [0.4, 0.5) is 0 Å². The van der Waals surface area contributed by atoms with Gasteiger partial charge in [0.05, 0.1) is 12.5 Å². The van der Waals surface area contributed by atoms with Crippen molar-refractivity contribution in [3.63, 3.8) is 0 Å². The van der Waals surface area contributed by atoms with E-state index >= 15 is 0 Å². The van der Waals surface area contributed by atoms with Gasteiger partial charge in [0.15, 0.2) is 5.58 Å². The molecule has 0 spiro atoms. The quantitative estimate of drug-likeness (QED) is 0.596. The monoisotopic (exact) mass is 163 g/mol. The van der Waals surface area contributed by atoms with Crippen LogP contribution in [0.25, 0.3) is 11.0 Å². The highest BCUT2D eigenvalue weighted by atomic mass is 16.3. The van der Waals surface area contributed by atoms with Crippen molar-refractivity contribution in [2.45, 2.75) is 20.8 Å². The summed E-state index contributed by atoms with van der Waals surface area (Å²) in [5.41, 5.74) is 2.02. The third kappa shape index (κ3) is 1.47. The molecule has 0 amide bonds. The molecule has 2 heteroatoms. The number of fused-ring (bicyclic) bond motifs is 1. The number of pyridine rings is 1. The van der Waals surface area contributed by atoms with Crippen LogP contribution in [-0.4, -0.2) is 4.98 Å². The molecule has 0 aliphatic carbocycles. The van der Waals surface area contributed by atoms with E-state index in [1.54, 1.807) is 12.5 Å². The van der Waals surface area contributed by atoms with Crippen LogP contribution < -0.4 is 0 Å². The molecule has 0 bridgehead atoms. The molecule has 2 heterocycles. The number of aromatic nitrogens is 1. The Morgan fingerprint density at radius 1 is 1.25 bits per heavy atom. The highest BCUT2D eigenvalue weighted by molar-refractivity contribution is 5.79. The molecular weight excluding hydrogens is 150 g/mol. The van der Waals surface area contributed by atoms with Gasteiger partial charge in [0.1, 0.15) is 0 Å². The molecule has 0 radical (unpaired) electrons. The Morgan fingerprint density at radius 2 is 2.00 bits per heavy atom. The first kappa shape index (κ1) is 8.78. The predicted octanol–water partition coefficient (Wildman–Crippen LogP) is 3.16. The van der Waals surface area contributed by atoms with Crippen LogP contribution in [-0.2, 0) is 0 Å². The summed E-state index contributed by atoms with van der Waals surface area (Å²) < 4.78 is 5.14. The number of hydrogen-bond donors (Lipinski definition) is 0. The van der Waals surface area contributed by atoms with Gasteiger partial charge in [-0.2, -0.15) is 0 Å². The number of nitrogens with zero attached hydrogens (tertiary/aromatic N) is 1. The van der Waals surface area contributed by atoms with Gasteiger partial charge in [-0.05, 0) is 18.6 Å². The van der Waals surface area contributed by atoms with Crippen LogP contribution in [0.5, 0.6) is 0 Å². The number of furan rings is 1. The van der Waals surface area contributed by atoms with Gasteiger partial charge in [-0.3, -0.25) is 4.98 Å². The van der Waals surface area contributed by atoms with Gasteiger partial charge < -0.3 is 4.42 Å². The summed E-state index contributed by atoms with van der Waals surface area (Å²) in [6.07, 6.45) is 5.24. The van der Waals surface area contributed by atoms with E-state index in [2.05, 4.69) is 4.98 Å². The zero-order valence-corrected chi connectivity index (χ0v) is 7.66. The van der Waals surface area contributed by atoms with Crippen molar-refractivity contribution in [3.8, 4) is 0 Å². The van der Waals surface area contributed by atoms with Crippen molar-refractivity contribution in [2.24, 2.45) is 0 Å². The molecule has 2 rings (SSSR count). The van der Waals surface area contributed by atoms with Gasteiger partial charge in [0.25, 0.3) is 0 Å². The lowest BCUT2D eigenvalue weighted by molar-refractivity contribution is 0.614. The molecule has 0 atom stereocenters. The fourth-order valence-electron chi connectivity index (χ4n) is 1.03. The van der Waals surface area contributed by atoms with Crippen molar-refractivity contribution in [1.82, 2.24) is 4.98 Å². The largest absolute Gasteiger partial charge is 0.463 e. The van der Waals surface area contributed by atoms with E-state index in [0.717, 1.165) is 16.5 Å². The molecule has 12 heavy (non-hydrogen) atoms. The smallest absolute Gasteiger partial charge is 0.152 e. The van der Waals surface area contributed by atoms with Gasteiger partial charge in [-0.1, -0.05) is 13.8 Å². The van der Waals surface area contributed by atoms with E-state index in [0.29, 0.717) is 0 Å². The SMILES string of the molecule is CC.Cc1cncc2occc12. The van der Waals surface area contributed by atoms with Crippen molar-refractivity contribution in [2.75, 3.05) is 0 Å². The van der Waals surface area contributed by atoms with Crippen LogP contribution >= 0.6 is 0 Å². The second kappa shape index (κ2) is 3.90. The minimum Gasteiger partial charge on any atom is -0.463 e. The zero-order chi connectivity index (χ0) is 8.97. The van der Waals surface area contributed by atoms with E-state index < -0.39 is 0 Å². The highest BCUT2D eigenvalue weighted by Gasteiger charge is 1.97. The minimum absolute atomic E-state index is 0.861. The summed E-state index contributed by atoms with van der Waals surface area (Å²) in [7, 11) is 0. The Hall–Kier alpha value is -1.31. The summed E-state index contributed by atoms with van der Waals surface area (Å²) in [6, 6.07) is 1.95. The van der Waals surface area contributed by atoms with Crippen LogP contribution in [0.2, 0.25) is 0 Å². The maximum Gasteiger partial charge on any atom is 0.152 e. The molecule has 0 saturated heterocycles. The maximum atomic E-state index is 5.14. The normalized spacial score (nSPS) is 9.25. The lowest BCUT2D eigenvalue weighted by Gasteiger charge is -1.89. The zero-order valence-electron chi connectivity index (χ0n) is 7.66. The lowest BCUT2D eigenvalue weighted by atomic mass is 10.2. The van der Waals surface area contributed by atoms with Crippen LogP contribution in [0.1, 0.15) is 19.4 Å². The molecule has 0 N–H and O–H groups in total. The van der Waals surface area contributed by atoms with E-state index in [9.17, 15) is 0 Å². The Morgan fingerprint density at radius 3 is 2.67 bits per heavy atom. The molecule has 2 aromatic rings. The summed E-state index contributed by atoms with van der Waals surface area (Å²) >= 11 is 0. The Bertz CT molecular complexity index is 351. The van der Waals surface area contributed by atoms with Gasteiger partial charge in [-0.15, -0.1) is 0 Å². The molecule has 0 aliphatic heterocycles. The van der Waals surface area contributed by atoms with E-state index in [4.69, 9.17) is 4.42 Å². The number of rotatable bonds is 0. The van der Waals surface area contributed by atoms with Crippen LogP contribution in [0.15, 0.2) is 29.1 Å². The Balaban J connectivity index is 0.000000336. The third-order valence-electron chi connectivity index (χ3n) is 1.58. The first-order valence-corrected chi connectivity index (χ1v) is 4.16. The molecule has 0 aliphatic rings. The van der Waals surface area contributed by atoms with E-state index in [-0.39, 0.29) is 0 Å². The molecule has 0 fully saturated rings. The van der Waals surface area contributed by atoms with Crippen LogP contribution in [0, 0.1) is 6.92 Å².